The third-order valence-corrected chi connectivity index (χ3v) is 1.82. The molecule has 0 bridgehead atoms. The van der Waals surface area contributed by atoms with E-state index in [0.29, 0.717) is 0 Å². The molecule has 0 saturated heterocycles. The van der Waals surface area contributed by atoms with E-state index in [1.54, 1.807) is 0 Å². The lowest BCUT2D eigenvalue weighted by atomic mass is 10.0. The lowest BCUT2D eigenvalue weighted by molar-refractivity contribution is 1.21. The van der Waals surface area contributed by atoms with Gasteiger partial charge in [-0.25, -0.2) is 0 Å². The maximum absolute atomic E-state index is 7.07. The van der Waals surface area contributed by atoms with E-state index >= 15 is 0 Å². The van der Waals surface area contributed by atoms with Crippen molar-refractivity contribution in [2.75, 3.05) is 0 Å². The van der Waals surface area contributed by atoms with Crippen molar-refractivity contribution < 1.29 is 0 Å². The molecule has 0 amide bonds. The van der Waals surface area contributed by atoms with Crippen molar-refractivity contribution in [3.05, 3.63) is 35.4 Å². The molecule has 0 atom stereocenters. The summed E-state index contributed by atoms with van der Waals surface area (Å²) >= 11 is 0. The molecule has 0 heterocycles. The zero-order chi connectivity index (χ0) is 8.97. The second-order valence-corrected chi connectivity index (χ2v) is 2.77. The van der Waals surface area contributed by atoms with E-state index in [2.05, 4.69) is 0 Å². The molecule has 0 spiro atoms. The Kier molecular flexibility index (Phi) is 2.75. The predicted molar refractivity (Wildman–Crippen MR) is 51.5 cm³/mol. The molecule has 2 N–H and O–H groups in total. The van der Waals surface area contributed by atoms with Crippen molar-refractivity contribution in [2.24, 2.45) is 0 Å². The van der Waals surface area contributed by atoms with Gasteiger partial charge in [-0.2, -0.15) is 0 Å². The van der Waals surface area contributed by atoms with Gasteiger partial charge in [0.25, 0.3) is 0 Å². The molecule has 0 aliphatic carbocycles. The van der Waals surface area contributed by atoms with Gasteiger partial charge in [0, 0.05) is 12.4 Å². The Bertz CT molecular complexity index is 266. The molecule has 0 saturated carbocycles. The Labute approximate surface area is 72.3 Å². The van der Waals surface area contributed by atoms with Gasteiger partial charge >= 0.3 is 0 Å². The molecule has 2 nitrogen and oxygen atoms in total. The van der Waals surface area contributed by atoms with Gasteiger partial charge in [-0.3, -0.25) is 0 Å². The first kappa shape index (κ1) is 8.65. The first-order valence-corrected chi connectivity index (χ1v) is 3.85. The van der Waals surface area contributed by atoms with Gasteiger partial charge in [0.2, 0.25) is 0 Å². The van der Waals surface area contributed by atoms with E-state index < -0.39 is 0 Å². The van der Waals surface area contributed by atoms with Crippen LogP contribution in [0.4, 0.5) is 0 Å². The summed E-state index contributed by atoms with van der Waals surface area (Å²) in [5.74, 6) is -0.161. The molecule has 1 rings (SSSR count). The smallest absolute Gasteiger partial charge is 0.0532 e. The van der Waals surface area contributed by atoms with Crippen molar-refractivity contribution in [1.29, 1.82) is 10.8 Å². The van der Waals surface area contributed by atoms with Gasteiger partial charge in [0.1, 0.15) is 0 Å². The molecule has 0 aliphatic heterocycles. The Morgan fingerprint density at radius 1 is 1.08 bits per heavy atom. The number of benzene rings is 1. The van der Waals surface area contributed by atoms with Crippen LogP contribution in [-0.4, -0.2) is 12.4 Å². The van der Waals surface area contributed by atoms with Gasteiger partial charge in [0.15, 0.2) is 0 Å². The predicted octanol–water partition coefficient (Wildman–Crippen LogP) is 2.38. The quantitative estimate of drug-likeness (QED) is 0.638. The van der Waals surface area contributed by atoms with Crippen LogP contribution in [0.15, 0.2) is 24.3 Å². The molecule has 1 aromatic carbocycles. The fraction of sp³-hybridized carbons (Fsp3) is 0.200. The fourth-order valence-electron chi connectivity index (χ4n) is 1.03. The van der Waals surface area contributed by atoms with Crippen LogP contribution in [0.25, 0.3) is 0 Å². The highest BCUT2D eigenvalue weighted by atomic mass is 14.4. The molecule has 0 fully saturated rings. The Morgan fingerprint density at radius 3 is 2.00 bits per heavy atom. The van der Waals surface area contributed by atoms with E-state index in [-0.39, 0.29) is 5.92 Å². The Hall–Kier alpha value is -1.44. The van der Waals surface area contributed by atoms with Gasteiger partial charge in [-0.1, -0.05) is 29.8 Å². The number of hydrogen-bond donors (Lipinski definition) is 2. The van der Waals surface area contributed by atoms with E-state index in [4.69, 9.17) is 10.8 Å². The Morgan fingerprint density at radius 2 is 1.58 bits per heavy atom. The third-order valence-electron chi connectivity index (χ3n) is 1.82. The third kappa shape index (κ3) is 1.78. The van der Waals surface area contributed by atoms with E-state index in [0.717, 1.165) is 5.56 Å². The maximum Gasteiger partial charge on any atom is 0.0532 e. The molecule has 0 aromatic heterocycles. The average Bonchev–Trinajstić information content (AvgIpc) is 2.10. The van der Waals surface area contributed by atoms with Crippen LogP contribution in [0, 0.1) is 17.7 Å². The summed E-state index contributed by atoms with van der Waals surface area (Å²) in [6, 6.07) is 7.90. The molecule has 2 heteroatoms. The topological polar surface area (TPSA) is 47.7 Å². The first-order valence-electron chi connectivity index (χ1n) is 3.85. The highest BCUT2D eigenvalue weighted by molar-refractivity contribution is 5.87. The van der Waals surface area contributed by atoms with Crippen LogP contribution in [0.1, 0.15) is 17.0 Å². The average molecular weight is 160 g/mol. The normalized spacial score (nSPS) is 12.1. The van der Waals surface area contributed by atoms with Crippen LogP contribution < -0.4 is 0 Å². The zero-order valence-electron chi connectivity index (χ0n) is 7.04. The van der Waals surface area contributed by atoms with Gasteiger partial charge in [-0.05, 0) is 12.5 Å². The summed E-state index contributed by atoms with van der Waals surface area (Å²) in [6.45, 7) is 2.02. The zero-order valence-corrected chi connectivity index (χ0v) is 7.04. The number of aryl methyl sites for hydroxylation is 1. The van der Waals surface area contributed by atoms with Crippen molar-refractivity contribution in [1.82, 2.24) is 0 Å². The van der Waals surface area contributed by atoms with Crippen molar-refractivity contribution in [3.63, 3.8) is 0 Å². The minimum absolute atomic E-state index is 0.161. The molecule has 0 unspecified atom stereocenters. The van der Waals surface area contributed by atoms with Crippen LogP contribution in [0.3, 0.4) is 0 Å². The lowest BCUT2D eigenvalue weighted by Crippen LogP contribution is -1.99. The van der Waals surface area contributed by atoms with E-state index in [1.807, 2.05) is 31.2 Å². The molecular weight excluding hydrogens is 148 g/mol. The first-order chi connectivity index (χ1) is 5.77. The minimum atomic E-state index is -0.161. The van der Waals surface area contributed by atoms with Gasteiger partial charge in [0.05, 0.1) is 5.92 Å². The summed E-state index contributed by atoms with van der Waals surface area (Å²) in [5, 5.41) is 14.1. The minimum Gasteiger partial charge on any atom is -0.312 e. The number of rotatable bonds is 3. The monoisotopic (exact) mass is 160 g/mol. The highest BCUT2D eigenvalue weighted by Crippen LogP contribution is 2.11. The summed E-state index contributed by atoms with van der Waals surface area (Å²) < 4.78 is 0. The summed E-state index contributed by atoms with van der Waals surface area (Å²) in [4.78, 5) is 0. The van der Waals surface area contributed by atoms with Gasteiger partial charge < -0.3 is 10.8 Å². The van der Waals surface area contributed by atoms with E-state index in [1.165, 1.54) is 18.0 Å². The van der Waals surface area contributed by atoms with Crippen LogP contribution in [0.2, 0.25) is 0 Å². The summed E-state index contributed by atoms with van der Waals surface area (Å²) in [5.41, 5.74) is 2.21. The standard InChI is InChI=1S/C10H12N2/c1-8-2-4-9(5-3-8)10(6-11)7-12/h2-7,10-12H,1H3. The molecule has 12 heavy (non-hydrogen) atoms. The maximum atomic E-state index is 7.07. The van der Waals surface area contributed by atoms with Crippen molar-refractivity contribution >= 4 is 12.4 Å². The summed E-state index contributed by atoms with van der Waals surface area (Å²) in [7, 11) is 0. The molecule has 1 aromatic rings. The molecular formula is C10H12N2. The summed E-state index contributed by atoms with van der Waals surface area (Å²) in [6.07, 6.45) is 2.55. The second kappa shape index (κ2) is 3.81. The SMILES string of the molecule is Cc1ccc(C(C=N)C=N)cc1. The lowest BCUT2D eigenvalue weighted by Gasteiger charge is -2.04. The number of nitrogens with one attached hydrogen (secondary N) is 2. The van der Waals surface area contributed by atoms with Crippen LogP contribution in [0.5, 0.6) is 0 Å². The second-order valence-electron chi connectivity index (χ2n) is 2.77. The number of hydrogen-bond acceptors (Lipinski definition) is 2. The Balaban J connectivity index is 2.94. The largest absolute Gasteiger partial charge is 0.312 e. The van der Waals surface area contributed by atoms with Gasteiger partial charge in [-0.15, -0.1) is 0 Å². The van der Waals surface area contributed by atoms with Crippen LogP contribution >= 0.6 is 0 Å². The molecule has 0 radical (unpaired) electrons. The highest BCUT2D eigenvalue weighted by Gasteiger charge is 2.02. The van der Waals surface area contributed by atoms with Crippen molar-refractivity contribution in [2.45, 2.75) is 12.8 Å². The molecule has 0 aliphatic rings. The van der Waals surface area contributed by atoms with E-state index in [9.17, 15) is 0 Å². The fourth-order valence-corrected chi connectivity index (χ4v) is 1.03. The van der Waals surface area contributed by atoms with Crippen LogP contribution in [-0.2, 0) is 0 Å². The van der Waals surface area contributed by atoms with Crippen molar-refractivity contribution in [3.8, 4) is 0 Å². The molecule has 62 valence electrons.